The van der Waals surface area contributed by atoms with Crippen LogP contribution in [0.3, 0.4) is 0 Å². The molecule has 5 heteroatoms. The van der Waals surface area contributed by atoms with E-state index in [0.717, 1.165) is 36.9 Å². The number of furan rings is 1. The maximum absolute atomic E-state index is 5.07. The number of rotatable bonds is 7. The van der Waals surface area contributed by atoms with Gasteiger partial charge in [-0.15, -0.1) is 11.3 Å². The topological polar surface area (TPSA) is 41.3 Å². The number of thiazole rings is 1. The van der Waals surface area contributed by atoms with Crippen molar-refractivity contribution in [1.82, 2.24) is 15.2 Å². The fraction of sp³-hybridized carbons (Fsp3) is 0.462. The van der Waals surface area contributed by atoms with E-state index < -0.39 is 0 Å². The minimum Gasteiger partial charge on any atom is -0.472 e. The van der Waals surface area contributed by atoms with Crippen LogP contribution in [0.25, 0.3) is 0 Å². The zero-order valence-electron chi connectivity index (χ0n) is 10.8. The summed E-state index contributed by atoms with van der Waals surface area (Å²) in [5.41, 5.74) is 2.33. The van der Waals surface area contributed by atoms with Gasteiger partial charge in [0.15, 0.2) is 0 Å². The van der Waals surface area contributed by atoms with Crippen LogP contribution in [0.4, 0.5) is 0 Å². The van der Waals surface area contributed by atoms with Crippen LogP contribution in [0.15, 0.2) is 28.4 Å². The summed E-state index contributed by atoms with van der Waals surface area (Å²) in [4.78, 5) is 6.84. The van der Waals surface area contributed by atoms with Gasteiger partial charge in [0, 0.05) is 30.6 Å². The first kappa shape index (κ1) is 13.3. The van der Waals surface area contributed by atoms with Crippen molar-refractivity contribution in [3.8, 4) is 0 Å². The first-order valence-electron chi connectivity index (χ1n) is 6.11. The Hall–Kier alpha value is -1.17. The SMILES string of the molecule is CCNCc1nc(CN(C)Cc2ccoc2)cs1. The fourth-order valence-electron chi connectivity index (χ4n) is 1.76. The van der Waals surface area contributed by atoms with Gasteiger partial charge in [-0.1, -0.05) is 6.92 Å². The van der Waals surface area contributed by atoms with Gasteiger partial charge in [0.1, 0.15) is 5.01 Å². The summed E-state index contributed by atoms with van der Waals surface area (Å²) < 4.78 is 5.07. The summed E-state index contributed by atoms with van der Waals surface area (Å²) in [6.45, 7) is 5.71. The third-order valence-corrected chi connectivity index (χ3v) is 3.49. The molecule has 98 valence electrons. The first-order valence-corrected chi connectivity index (χ1v) is 6.99. The minimum absolute atomic E-state index is 0.868. The molecule has 0 aliphatic rings. The molecule has 0 saturated carbocycles. The lowest BCUT2D eigenvalue weighted by Crippen LogP contribution is -2.17. The van der Waals surface area contributed by atoms with Gasteiger partial charge in [-0.05, 0) is 19.7 Å². The van der Waals surface area contributed by atoms with E-state index in [0.29, 0.717) is 0 Å². The molecule has 2 aromatic rings. The normalized spacial score (nSPS) is 11.3. The summed E-state index contributed by atoms with van der Waals surface area (Å²) >= 11 is 1.72. The van der Waals surface area contributed by atoms with Crippen LogP contribution in [-0.2, 0) is 19.6 Å². The molecule has 2 aromatic heterocycles. The predicted molar refractivity (Wildman–Crippen MR) is 73.4 cm³/mol. The molecular formula is C13H19N3OS. The van der Waals surface area contributed by atoms with Crippen LogP contribution >= 0.6 is 11.3 Å². The first-order chi connectivity index (χ1) is 8.78. The summed E-state index contributed by atoms with van der Waals surface area (Å²) in [5.74, 6) is 0. The Bertz CT molecular complexity index is 453. The fourth-order valence-corrected chi connectivity index (χ4v) is 2.52. The van der Waals surface area contributed by atoms with E-state index in [4.69, 9.17) is 4.42 Å². The second-order valence-electron chi connectivity index (χ2n) is 4.32. The Morgan fingerprint density at radius 3 is 3.06 bits per heavy atom. The van der Waals surface area contributed by atoms with Crippen molar-refractivity contribution in [2.75, 3.05) is 13.6 Å². The van der Waals surface area contributed by atoms with Gasteiger partial charge < -0.3 is 9.73 Å². The second-order valence-corrected chi connectivity index (χ2v) is 5.26. The van der Waals surface area contributed by atoms with E-state index >= 15 is 0 Å². The largest absolute Gasteiger partial charge is 0.472 e. The average molecular weight is 265 g/mol. The maximum atomic E-state index is 5.07. The number of aromatic nitrogens is 1. The van der Waals surface area contributed by atoms with Crippen molar-refractivity contribution in [2.45, 2.75) is 26.6 Å². The van der Waals surface area contributed by atoms with E-state index in [1.54, 1.807) is 23.9 Å². The van der Waals surface area contributed by atoms with Crippen LogP contribution in [0.2, 0.25) is 0 Å². The molecule has 0 aliphatic carbocycles. The molecule has 0 aliphatic heterocycles. The molecule has 0 bridgehead atoms. The number of hydrogen-bond donors (Lipinski definition) is 1. The highest BCUT2D eigenvalue weighted by Gasteiger charge is 2.06. The zero-order chi connectivity index (χ0) is 12.8. The van der Waals surface area contributed by atoms with Gasteiger partial charge in [0.05, 0.1) is 18.2 Å². The minimum atomic E-state index is 0.868. The predicted octanol–water partition coefficient (Wildman–Crippen LogP) is 2.48. The van der Waals surface area contributed by atoms with Gasteiger partial charge >= 0.3 is 0 Å². The van der Waals surface area contributed by atoms with E-state index in [1.807, 2.05) is 6.07 Å². The molecular weight excluding hydrogens is 246 g/mol. The molecule has 2 rings (SSSR count). The van der Waals surface area contributed by atoms with Crippen LogP contribution in [-0.4, -0.2) is 23.5 Å². The average Bonchev–Trinajstić information content (AvgIpc) is 2.98. The molecule has 0 aromatic carbocycles. The van der Waals surface area contributed by atoms with Crippen molar-refractivity contribution in [2.24, 2.45) is 0 Å². The second kappa shape index (κ2) is 6.68. The zero-order valence-corrected chi connectivity index (χ0v) is 11.7. The van der Waals surface area contributed by atoms with Gasteiger partial charge in [0.25, 0.3) is 0 Å². The summed E-state index contributed by atoms with van der Waals surface area (Å²) in [5, 5.41) is 6.58. The summed E-state index contributed by atoms with van der Waals surface area (Å²) in [6.07, 6.45) is 3.49. The molecule has 0 amide bonds. The number of hydrogen-bond acceptors (Lipinski definition) is 5. The summed E-state index contributed by atoms with van der Waals surface area (Å²) in [7, 11) is 2.09. The molecule has 0 radical (unpaired) electrons. The Morgan fingerprint density at radius 2 is 2.33 bits per heavy atom. The Morgan fingerprint density at radius 1 is 1.44 bits per heavy atom. The highest BCUT2D eigenvalue weighted by molar-refractivity contribution is 7.09. The number of nitrogens with zero attached hydrogens (tertiary/aromatic N) is 2. The molecule has 0 spiro atoms. The molecule has 2 heterocycles. The quantitative estimate of drug-likeness (QED) is 0.835. The van der Waals surface area contributed by atoms with Crippen molar-refractivity contribution < 1.29 is 4.42 Å². The molecule has 0 atom stereocenters. The molecule has 0 saturated heterocycles. The van der Waals surface area contributed by atoms with Gasteiger partial charge in [-0.25, -0.2) is 4.98 Å². The van der Waals surface area contributed by atoms with Gasteiger partial charge in [-0.2, -0.15) is 0 Å². The van der Waals surface area contributed by atoms with Gasteiger partial charge in [-0.3, -0.25) is 4.90 Å². The number of nitrogens with one attached hydrogen (secondary N) is 1. The van der Waals surface area contributed by atoms with E-state index in [2.05, 4.69) is 34.6 Å². The molecule has 0 unspecified atom stereocenters. The molecule has 0 fully saturated rings. The van der Waals surface area contributed by atoms with Crippen LogP contribution in [0.1, 0.15) is 23.2 Å². The van der Waals surface area contributed by atoms with E-state index in [9.17, 15) is 0 Å². The monoisotopic (exact) mass is 265 g/mol. The maximum Gasteiger partial charge on any atom is 0.107 e. The van der Waals surface area contributed by atoms with Crippen molar-refractivity contribution in [3.63, 3.8) is 0 Å². The molecule has 1 N–H and O–H groups in total. The van der Waals surface area contributed by atoms with Crippen molar-refractivity contribution in [3.05, 3.63) is 40.2 Å². The van der Waals surface area contributed by atoms with E-state index in [-0.39, 0.29) is 0 Å². The molecule has 4 nitrogen and oxygen atoms in total. The lowest BCUT2D eigenvalue weighted by molar-refractivity contribution is 0.314. The Labute approximate surface area is 112 Å². The van der Waals surface area contributed by atoms with Crippen molar-refractivity contribution >= 4 is 11.3 Å². The molecule has 18 heavy (non-hydrogen) atoms. The Kier molecular flexibility index (Phi) is 4.92. The Balaban J connectivity index is 1.83. The third-order valence-electron chi connectivity index (χ3n) is 2.59. The summed E-state index contributed by atoms with van der Waals surface area (Å²) in [6, 6.07) is 1.99. The van der Waals surface area contributed by atoms with Crippen molar-refractivity contribution in [1.29, 1.82) is 0 Å². The smallest absolute Gasteiger partial charge is 0.107 e. The lowest BCUT2D eigenvalue weighted by Gasteiger charge is -2.13. The van der Waals surface area contributed by atoms with Crippen LogP contribution in [0, 0.1) is 0 Å². The highest BCUT2D eigenvalue weighted by Crippen LogP contribution is 2.12. The van der Waals surface area contributed by atoms with Crippen LogP contribution in [0.5, 0.6) is 0 Å². The van der Waals surface area contributed by atoms with E-state index in [1.165, 1.54) is 5.56 Å². The lowest BCUT2D eigenvalue weighted by atomic mass is 10.3. The van der Waals surface area contributed by atoms with Gasteiger partial charge in [0.2, 0.25) is 0 Å². The van der Waals surface area contributed by atoms with Crippen LogP contribution < -0.4 is 5.32 Å². The highest BCUT2D eigenvalue weighted by atomic mass is 32.1. The standard InChI is InChI=1S/C13H19N3OS/c1-3-14-6-13-15-12(10-18-13)8-16(2)7-11-4-5-17-9-11/h4-5,9-10,14H,3,6-8H2,1-2H3. The third kappa shape index (κ3) is 3.94.